The van der Waals surface area contributed by atoms with Gasteiger partial charge >= 0.3 is 6.18 Å². The van der Waals surface area contributed by atoms with Crippen LogP contribution in [0.5, 0.6) is 0 Å². The van der Waals surface area contributed by atoms with Crippen molar-refractivity contribution in [3.8, 4) is 0 Å². The van der Waals surface area contributed by atoms with Crippen LogP contribution in [0.3, 0.4) is 0 Å². The smallest absolute Gasteiger partial charge is 0.350 e. The fourth-order valence-electron chi connectivity index (χ4n) is 2.39. The van der Waals surface area contributed by atoms with Gasteiger partial charge in [-0.1, -0.05) is 18.2 Å². The van der Waals surface area contributed by atoms with E-state index in [1.54, 1.807) is 19.3 Å². The van der Waals surface area contributed by atoms with Crippen molar-refractivity contribution in [1.29, 1.82) is 0 Å². The van der Waals surface area contributed by atoms with Gasteiger partial charge in [0.15, 0.2) is 0 Å². The maximum absolute atomic E-state index is 13.0. The Labute approximate surface area is 132 Å². The van der Waals surface area contributed by atoms with Crippen molar-refractivity contribution < 1.29 is 18.0 Å². The zero-order valence-corrected chi connectivity index (χ0v) is 12.7. The Morgan fingerprint density at radius 2 is 2.09 bits per heavy atom. The molecule has 0 saturated carbocycles. The number of carbonyl (C=O) groups is 1. The molecule has 0 fully saturated rings. The van der Waals surface area contributed by atoms with Crippen LogP contribution >= 0.6 is 0 Å². The molecule has 0 aliphatic carbocycles. The van der Waals surface area contributed by atoms with E-state index in [1.807, 2.05) is 0 Å². The SMILES string of the molecule is C[C@@H](NC(=O)CCCc1cn[nH]c1)c1ccccc1C(F)(F)F. The third-order valence-corrected chi connectivity index (χ3v) is 3.53. The van der Waals surface area contributed by atoms with Crippen LogP contribution in [0.2, 0.25) is 0 Å². The van der Waals surface area contributed by atoms with Crippen molar-refractivity contribution in [2.45, 2.75) is 38.4 Å². The van der Waals surface area contributed by atoms with Gasteiger partial charge in [-0.2, -0.15) is 18.3 Å². The highest BCUT2D eigenvalue weighted by Crippen LogP contribution is 2.34. The van der Waals surface area contributed by atoms with Crippen LogP contribution in [0.1, 0.15) is 42.5 Å². The van der Waals surface area contributed by atoms with Crippen LogP contribution in [0.25, 0.3) is 0 Å². The average molecular weight is 325 g/mol. The van der Waals surface area contributed by atoms with E-state index >= 15 is 0 Å². The lowest BCUT2D eigenvalue weighted by atomic mass is 10.0. The largest absolute Gasteiger partial charge is 0.416 e. The Balaban J connectivity index is 1.91. The molecule has 23 heavy (non-hydrogen) atoms. The van der Waals surface area contributed by atoms with Crippen LogP contribution in [0, 0.1) is 0 Å². The highest BCUT2D eigenvalue weighted by Gasteiger charge is 2.34. The highest BCUT2D eigenvalue weighted by atomic mass is 19.4. The van der Waals surface area contributed by atoms with Crippen LogP contribution in [-0.4, -0.2) is 16.1 Å². The number of hydrogen-bond acceptors (Lipinski definition) is 2. The fraction of sp³-hybridized carbons (Fsp3) is 0.375. The minimum absolute atomic E-state index is 0.0724. The summed E-state index contributed by atoms with van der Waals surface area (Å²) in [5, 5.41) is 9.12. The third kappa shape index (κ3) is 4.84. The maximum Gasteiger partial charge on any atom is 0.416 e. The van der Waals surface area contributed by atoms with E-state index in [2.05, 4.69) is 15.5 Å². The summed E-state index contributed by atoms with van der Waals surface area (Å²) in [6.45, 7) is 1.55. The van der Waals surface area contributed by atoms with Gasteiger partial charge in [-0.15, -0.1) is 0 Å². The first-order valence-corrected chi connectivity index (χ1v) is 7.31. The summed E-state index contributed by atoms with van der Waals surface area (Å²) in [7, 11) is 0. The van der Waals surface area contributed by atoms with Gasteiger partial charge in [0.2, 0.25) is 5.91 Å². The van der Waals surface area contributed by atoms with Crippen molar-refractivity contribution in [1.82, 2.24) is 15.5 Å². The second-order valence-corrected chi connectivity index (χ2v) is 5.33. The number of halogens is 3. The maximum atomic E-state index is 13.0. The van der Waals surface area contributed by atoms with Gasteiger partial charge < -0.3 is 5.32 Å². The lowest BCUT2D eigenvalue weighted by Gasteiger charge is -2.19. The Morgan fingerprint density at radius 1 is 1.35 bits per heavy atom. The van der Waals surface area contributed by atoms with Crippen molar-refractivity contribution in [2.75, 3.05) is 0 Å². The molecule has 0 bridgehead atoms. The van der Waals surface area contributed by atoms with E-state index in [1.165, 1.54) is 18.2 Å². The molecule has 0 aliphatic heterocycles. The Bertz CT molecular complexity index is 638. The monoisotopic (exact) mass is 325 g/mol. The van der Waals surface area contributed by atoms with E-state index in [9.17, 15) is 18.0 Å². The number of amides is 1. The highest BCUT2D eigenvalue weighted by molar-refractivity contribution is 5.76. The Morgan fingerprint density at radius 3 is 2.74 bits per heavy atom. The summed E-state index contributed by atoms with van der Waals surface area (Å²) in [5.41, 5.74) is 0.350. The molecule has 1 heterocycles. The van der Waals surface area contributed by atoms with E-state index in [-0.39, 0.29) is 17.9 Å². The molecule has 2 N–H and O–H groups in total. The normalized spacial score (nSPS) is 12.9. The van der Waals surface area contributed by atoms with Gasteiger partial charge in [0.25, 0.3) is 0 Å². The fourth-order valence-corrected chi connectivity index (χ4v) is 2.39. The number of nitrogens with one attached hydrogen (secondary N) is 2. The van der Waals surface area contributed by atoms with Crippen LogP contribution in [-0.2, 0) is 17.4 Å². The number of H-pyrrole nitrogens is 1. The van der Waals surface area contributed by atoms with Gasteiger partial charge in [-0.05, 0) is 37.0 Å². The Kier molecular flexibility index (Phi) is 5.41. The second kappa shape index (κ2) is 7.30. The first-order valence-electron chi connectivity index (χ1n) is 7.31. The molecule has 0 unspecified atom stereocenters. The van der Waals surface area contributed by atoms with Crippen molar-refractivity contribution in [3.05, 3.63) is 53.3 Å². The molecule has 0 spiro atoms. The molecule has 2 rings (SSSR count). The first kappa shape index (κ1) is 17.1. The minimum Gasteiger partial charge on any atom is -0.350 e. The van der Waals surface area contributed by atoms with E-state index < -0.39 is 17.8 Å². The van der Waals surface area contributed by atoms with Crippen LogP contribution in [0.4, 0.5) is 13.2 Å². The minimum atomic E-state index is -4.43. The van der Waals surface area contributed by atoms with Crippen molar-refractivity contribution in [3.63, 3.8) is 0 Å². The number of nitrogens with zero attached hydrogens (tertiary/aromatic N) is 1. The van der Waals surface area contributed by atoms with E-state index in [4.69, 9.17) is 0 Å². The molecule has 124 valence electrons. The molecule has 7 heteroatoms. The van der Waals surface area contributed by atoms with Crippen LogP contribution < -0.4 is 5.32 Å². The summed E-state index contributed by atoms with van der Waals surface area (Å²) < 4.78 is 39.0. The average Bonchev–Trinajstić information content (AvgIpc) is 2.99. The van der Waals surface area contributed by atoms with Crippen LogP contribution in [0.15, 0.2) is 36.7 Å². The van der Waals surface area contributed by atoms with Crippen molar-refractivity contribution >= 4 is 5.91 Å². The summed E-state index contributed by atoms with van der Waals surface area (Å²) in [5.74, 6) is -0.266. The zero-order chi connectivity index (χ0) is 16.9. The van der Waals surface area contributed by atoms with Gasteiger partial charge in [0, 0.05) is 12.6 Å². The molecular weight excluding hydrogens is 307 g/mol. The quantitative estimate of drug-likeness (QED) is 0.852. The zero-order valence-electron chi connectivity index (χ0n) is 12.7. The second-order valence-electron chi connectivity index (χ2n) is 5.33. The number of alkyl halides is 3. The predicted molar refractivity (Wildman–Crippen MR) is 79.5 cm³/mol. The molecule has 0 aliphatic rings. The number of aryl methyl sites for hydroxylation is 1. The first-order chi connectivity index (χ1) is 10.9. The van der Waals surface area contributed by atoms with Crippen molar-refractivity contribution in [2.24, 2.45) is 0 Å². The summed E-state index contributed by atoms with van der Waals surface area (Å²) in [6, 6.07) is 4.59. The van der Waals surface area contributed by atoms with Gasteiger partial charge in [-0.3, -0.25) is 9.89 Å². The Hall–Kier alpha value is -2.31. The number of aromatic nitrogens is 2. The molecule has 2 aromatic rings. The molecule has 0 saturated heterocycles. The summed E-state index contributed by atoms with van der Waals surface area (Å²) >= 11 is 0. The summed E-state index contributed by atoms with van der Waals surface area (Å²) in [4.78, 5) is 11.9. The molecule has 0 radical (unpaired) electrons. The van der Waals surface area contributed by atoms with Gasteiger partial charge in [-0.25, -0.2) is 0 Å². The van der Waals surface area contributed by atoms with Gasteiger partial charge in [0.05, 0.1) is 17.8 Å². The number of carbonyl (C=O) groups excluding carboxylic acids is 1. The number of benzene rings is 1. The number of aromatic amines is 1. The topological polar surface area (TPSA) is 57.8 Å². The standard InChI is InChI=1S/C16H18F3N3O/c1-11(13-6-2-3-7-14(13)16(17,18)19)22-15(23)8-4-5-12-9-20-21-10-12/h2-3,6-7,9-11H,4-5,8H2,1H3,(H,20,21)(H,22,23)/t11-/m1/s1. The molecular formula is C16H18F3N3O. The number of rotatable bonds is 6. The molecule has 1 aromatic heterocycles. The number of hydrogen-bond donors (Lipinski definition) is 2. The molecule has 4 nitrogen and oxygen atoms in total. The predicted octanol–water partition coefficient (Wildman–Crippen LogP) is 3.63. The van der Waals surface area contributed by atoms with E-state index in [0.717, 1.165) is 11.6 Å². The lowest BCUT2D eigenvalue weighted by Crippen LogP contribution is -2.28. The molecule has 1 atom stereocenters. The lowest BCUT2D eigenvalue weighted by molar-refractivity contribution is -0.138. The summed E-state index contributed by atoms with van der Waals surface area (Å²) in [6.07, 6.45) is 0.553. The molecule has 1 aromatic carbocycles. The third-order valence-electron chi connectivity index (χ3n) is 3.53. The van der Waals surface area contributed by atoms with Gasteiger partial charge in [0.1, 0.15) is 0 Å². The molecule has 1 amide bonds. The van der Waals surface area contributed by atoms with E-state index in [0.29, 0.717) is 12.8 Å².